The maximum Gasteiger partial charge on any atom is 0.251 e. The first-order valence-corrected chi connectivity index (χ1v) is 9.93. The van der Waals surface area contributed by atoms with E-state index in [1.807, 2.05) is 6.92 Å². The molecule has 146 valence electrons. The van der Waals surface area contributed by atoms with E-state index in [0.29, 0.717) is 41.2 Å². The van der Waals surface area contributed by atoms with Gasteiger partial charge in [0.2, 0.25) is 0 Å². The van der Waals surface area contributed by atoms with Crippen molar-refractivity contribution in [2.75, 3.05) is 39.9 Å². The summed E-state index contributed by atoms with van der Waals surface area (Å²) in [5.74, 6) is 1.24. The third kappa shape index (κ3) is 6.06. The first-order valence-electron chi connectivity index (χ1n) is 9.56. The molecule has 1 amide bonds. The van der Waals surface area contributed by atoms with Crippen LogP contribution in [-0.4, -0.2) is 50.7 Å². The van der Waals surface area contributed by atoms with Crippen molar-refractivity contribution < 1.29 is 14.3 Å². The lowest BCUT2D eigenvalue weighted by atomic mass is 10.1. The van der Waals surface area contributed by atoms with Gasteiger partial charge in [0.05, 0.1) is 18.7 Å². The summed E-state index contributed by atoms with van der Waals surface area (Å²) in [5, 5.41) is 3.40. The molecule has 26 heavy (non-hydrogen) atoms. The van der Waals surface area contributed by atoms with Crippen LogP contribution in [-0.2, 0) is 0 Å². The van der Waals surface area contributed by atoms with Crippen LogP contribution in [0.3, 0.4) is 0 Å². The Morgan fingerprint density at radius 3 is 2.69 bits per heavy atom. The largest absolute Gasteiger partial charge is 0.493 e. The zero-order valence-corrected chi connectivity index (χ0v) is 16.9. The highest BCUT2D eigenvalue weighted by Crippen LogP contribution is 2.36. The van der Waals surface area contributed by atoms with Crippen LogP contribution in [0.1, 0.15) is 49.9 Å². The van der Waals surface area contributed by atoms with Crippen LogP contribution in [0.5, 0.6) is 11.5 Å². The molecule has 2 rings (SSSR count). The number of methoxy groups -OCH3 is 1. The summed E-state index contributed by atoms with van der Waals surface area (Å²) in [5.41, 5.74) is 0.487. The van der Waals surface area contributed by atoms with Gasteiger partial charge in [0, 0.05) is 18.7 Å². The molecule has 0 bridgehead atoms. The molecule has 5 nitrogen and oxygen atoms in total. The summed E-state index contributed by atoms with van der Waals surface area (Å²) in [4.78, 5) is 15.0. The number of benzene rings is 1. The lowest BCUT2D eigenvalue weighted by Gasteiger charge is -2.29. The predicted octanol–water partition coefficient (Wildman–Crippen LogP) is 3.99. The van der Waals surface area contributed by atoms with Crippen molar-refractivity contribution in [1.82, 2.24) is 10.2 Å². The Labute approximate surface area is 162 Å². The first kappa shape index (κ1) is 20.8. The van der Waals surface area contributed by atoms with E-state index in [0.717, 1.165) is 13.0 Å². The highest BCUT2D eigenvalue weighted by atomic mass is 35.5. The Kier molecular flexibility index (Phi) is 8.52. The van der Waals surface area contributed by atoms with E-state index >= 15 is 0 Å². The van der Waals surface area contributed by atoms with Crippen molar-refractivity contribution in [3.63, 3.8) is 0 Å². The molecule has 0 radical (unpaired) electrons. The third-order valence-electron chi connectivity index (χ3n) is 4.57. The molecule has 1 fully saturated rings. The fourth-order valence-electron chi connectivity index (χ4n) is 3.21. The smallest absolute Gasteiger partial charge is 0.251 e. The zero-order valence-electron chi connectivity index (χ0n) is 16.1. The molecular formula is C20H31ClN2O3. The second-order valence-corrected chi connectivity index (χ2v) is 7.42. The molecule has 6 heteroatoms. The number of ether oxygens (including phenoxy) is 2. The normalized spacial score (nSPS) is 16.2. The number of hydrogen-bond donors (Lipinski definition) is 1. The molecule has 1 aromatic carbocycles. The van der Waals surface area contributed by atoms with E-state index in [9.17, 15) is 4.79 Å². The predicted molar refractivity (Wildman–Crippen MR) is 106 cm³/mol. The first-order chi connectivity index (χ1) is 12.5. The van der Waals surface area contributed by atoms with Crippen molar-refractivity contribution in [2.45, 2.75) is 39.5 Å². The molecule has 0 saturated carbocycles. The van der Waals surface area contributed by atoms with Crippen molar-refractivity contribution in [1.29, 1.82) is 0 Å². The van der Waals surface area contributed by atoms with Crippen LogP contribution in [0.4, 0.5) is 0 Å². The summed E-state index contributed by atoms with van der Waals surface area (Å²) in [6.07, 6.45) is 4.77. The molecule has 1 aliphatic heterocycles. The number of nitrogens with one attached hydrogen (secondary N) is 1. The Hall–Kier alpha value is -1.46. The lowest BCUT2D eigenvalue weighted by molar-refractivity contribution is 0.0942. The van der Waals surface area contributed by atoms with Gasteiger partial charge in [-0.05, 0) is 50.4 Å². The second-order valence-electron chi connectivity index (χ2n) is 7.01. The van der Waals surface area contributed by atoms with Gasteiger partial charge in [0.1, 0.15) is 0 Å². The minimum atomic E-state index is -0.141. The molecule has 1 N–H and O–H groups in total. The van der Waals surface area contributed by atoms with Crippen LogP contribution in [0.15, 0.2) is 12.1 Å². The van der Waals surface area contributed by atoms with E-state index in [1.54, 1.807) is 19.2 Å². The molecule has 1 aliphatic rings. The molecule has 1 aromatic rings. The molecule has 1 atom stereocenters. The van der Waals surface area contributed by atoms with E-state index in [4.69, 9.17) is 21.1 Å². The Morgan fingerprint density at radius 2 is 2.04 bits per heavy atom. The van der Waals surface area contributed by atoms with Gasteiger partial charge in [-0.15, -0.1) is 0 Å². The minimum Gasteiger partial charge on any atom is -0.493 e. The molecule has 0 aliphatic carbocycles. The monoisotopic (exact) mass is 382 g/mol. The number of likely N-dealkylation sites (tertiary alicyclic amines) is 1. The van der Waals surface area contributed by atoms with Gasteiger partial charge in [-0.2, -0.15) is 0 Å². The SMILES string of the molecule is CCCOc1c(Cl)cc(C(=O)NCC(C)CN2CCCCC2)cc1OC. The fraction of sp³-hybridized carbons (Fsp3) is 0.650. The number of carbonyl (C=O) groups is 1. The zero-order chi connectivity index (χ0) is 18.9. The van der Waals surface area contributed by atoms with Gasteiger partial charge in [0.15, 0.2) is 11.5 Å². The number of hydrogen-bond acceptors (Lipinski definition) is 4. The molecule has 0 spiro atoms. The summed E-state index contributed by atoms with van der Waals surface area (Å²) in [7, 11) is 1.55. The topological polar surface area (TPSA) is 50.8 Å². The minimum absolute atomic E-state index is 0.141. The Morgan fingerprint density at radius 1 is 1.31 bits per heavy atom. The second kappa shape index (κ2) is 10.6. The number of rotatable bonds is 9. The number of piperidine rings is 1. The molecular weight excluding hydrogens is 352 g/mol. The van der Waals surface area contributed by atoms with Crippen molar-refractivity contribution in [3.05, 3.63) is 22.7 Å². The number of nitrogens with zero attached hydrogens (tertiary/aromatic N) is 1. The van der Waals surface area contributed by atoms with Gasteiger partial charge in [0.25, 0.3) is 5.91 Å². The van der Waals surface area contributed by atoms with Crippen molar-refractivity contribution in [2.24, 2.45) is 5.92 Å². The number of halogens is 1. The molecule has 1 saturated heterocycles. The number of carbonyl (C=O) groups excluding carboxylic acids is 1. The maximum absolute atomic E-state index is 12.5. The highest BCUT2D eigenvalue weighted by molar-refractivity contribution is 6.32. The van der Waals surface area contributed by atoms with Crippen molar-refractivity contribution >= 4 is 17.5 Å². The lowest BCUT2D eigenvalue weighted by Crippen LogP contribution is -2.38. The van der Waals surface area contributed by atoms with Gasteiger partial charge in [-0.3, -0.25) is 4.79 Å². The summed E-state index contributed by atoms with van der Waals surface area (Å²) < 4.78 is 11.0. The quantitative estimate of drug-likeness (QED) is 0.701. The molecule has 1 heterocycles. The summed E-state index contributed by atoms with van der Waals surface area (Å²) in [6, 6.07) is 3.32. The van der Waals surface area contributed by atoms with Crippen LogP contribution < -0.4 is 14.8 Å². The maximum atomic E-state index is 12.5. The van der Waals surface area contributed by atoms with E-state index in [1.165, 1.54) is 32.4 Å². The standard InChI is InChI=1S/C20H31ClN2O3/c1-4-10-26-19-17(21)11-16(12-18(19)25-3)20(24)22-13-15(2)14-23-8-6-5-7-9-23/h11-12,15H,4-10,13-14H2,1-3H3,(H,22,24). The van der Waals surface area contributed by atoms with Crippen molar-refractivity contribution in [3.8, 4) is 11.5 Å². The third-order valence-corrected chi connectivity index (χ3v) is 4.85. The van der Waals surface area contributed by atoms with Gasteiger partial charge in [-0.1, -0.05) is 31.9 Å². The van der Waals surface area contributed by atoms with Gasteiger partial charge < -0.3 is 19.7 Å². The van der Waals surface area contributed by atoms with E-state index in [2.05, 4.69) is 17.1 Å². The summed E-state index contributed by atoms with van der Waals surface area (Å²) in [6.45, 7) is 8.75. The molecule has 0 aromatic heterocycles. The average Bonchev–Trinajstić information content (AvgIpc) is 2.65. The Bertz CT molecular complexity index is 589. The van der Waals surface area contributed by atoms with Crippen LogP contribution in [0.25, 0.3) is 0 Å². The average molecular weight is 383 g/mol. The van der Waals surface area contributed by atoms with Gasteiger partial charge >= 0.3 is 0 Å². The Balaban J connectivity index is 1.92. The number of amides is 1. The van der Waals surface area contributed by atoms with E-state index in [-0.39, 0.29) is 5.91 Å². The summed E-state index contributed by atoms with van der Waals surface area (Å²) >= 11 is 6.29. The fourth-order valence-corrected chi connectivity index (χ4v) is 3.48. The van der Waals surface area contributed by atoms with Gasteiger partial charge in [-0.25, -0.2) is 0 Å². The van der Waals surface area contributed by atoms with Crippen LogP contribution in [0.2, 0.25) is 5.02 Å². The van der Waals surface area contributed by atoms with E-state index < -0.39 is 0 Å². The van der Waals surface area contributed by atoms with Crippen LogP contribution in [0, 0.1) is 5.92 Å². The highest BCUT2D eigenvalue weighted by Gasteiger charge is 2.17. The molecule has 1 unspecified atom stereocenters. The van der Waals surface area contributed by atoms with Crippen LogP contribution >= 0.6 is 11.6 Å².